The molecule has 1 aliphatic heterocycles. The van der Waals surface area contributed by atoms with E-state index in [0.29, 0.717) is 12.0 Å². The van der Waals surface area contributed by atoms with Crippen LogP contribution < -0.4 is 5.32 Å². The summed E-state index contributed by atoms with van der Waals surface area (Å²) in [5.74, 6) is -0.732. The summed E-state index contributed by atoms with van der Waals surface area (Å²) < 4.78 is 75.6. The van der Waals surface area contributed by atoms with Crippen molar-refractivity contribution in [1.29, 1.82) is 0 Å². The number of guanidine groups is 1. The summed E-state index contributed by atoms with van der Waals surface area (Å²) in [5, 5.41) is 2.81. The zero-order valence-corrected chi connectivity index (χ0v) is 18.2. The predicted molar refractivity (Wildman–Crippen MR) is 106 cm³/mol. The van der Waals surface area contributed by atoms with Crippen LogP contribution in [0.3, 0.4) is 0 Å². The number of halogens is 5. The fourth-order valence-corrected chi connectivity index (χ4v) is 4.16. The average molecular weight is 523 g/mol. The Morgan fingerprint density at radius 1 is 1.33 bits per heavy atom. The number of hydrogen-bond acceptors (Lipinski definition) is 3. The van der Waals surface area contributed by atoms with Gasteiger partial charge in [-0.1, -0.05) is 6.07 Å². The van der Waals surface area contributed by atoms with Gasteiger partial charge in [0, 0.05) is 26.7 Å². The second-order valence-corrected chi connectivity index (χ2v) is 9.44. The number of aliphatic imine (C=N–C) groups is 1. The third-order valence-corrected chi connectivity index (χ3v) is 6.90. The van der Waals surface area contributed by atoms with Gasteiger partial charge in [-0.15, -0.1) is 24.0 Å². The SMILES string of the molecule is CN=C(NCc1ccc(F)cc1C(F)(F)F)N1CCS(=O)(=O)C(C)(C)C1.I. The van der Waals surface area contributed by atoms with E-state index in [9.17, 15) is 26.0 Å². The maximum absolute atomic E-state index is 13.2. The lowest BCUT2D eigenvalue weighted by atomic mass is 10.1. The van der Waals surface area contributed by atoms with E-state index in [0.717, 1.165) is 12.1 Å². The van der Waals surface area contributed by atoms with Crippen molar-refractivity contribution in [3.63, 3.8) is 0 Å². The van der Waals surface area contributed by atoms with Crippen LogP contribution in [0.5, 0.6) is 0 Å². The molecule has 1 aromatic rings. The van der Waals surface area contributed by atoms with Gasteiger partial charge in [0.2, 0.25) is 0 Å². The van der Waals surface area contributed by atoms with Crippen molar-refractivity contribution < 1.29 is 26.0 Å². The van der Waals surface area contributed by atoms with Gasteiger partial charge in [-0.3, -0.25) is 4.99 Å². The van der Waals surface area contributed by atoms with E-state index in [-0.39, 0.29) is 54.9 Å². The number of rotatable bonds is 2. The Kier molecular flexibility index (Phi) is 7.53. The Labute approximate surface area is 173 Å². The number of hydrogen-bond donors (Lipinski definition) is 1. The molecule has 1 saturated heterocycles. The molecule has 0 aromatic heterocycles. The minimum atomic E-state index is -4.68. The van der Waals surface area contributed by atoms with Gasteiger partial charge >= 0.3 is 6.18 Å². The number of alkyl halides is 3. The quantitative estimate of drug-likeness (QED) is 0.280. The predicted octanol–water partition coefficient (Wildman–Crippen LogP) is 3.05. The highest BCUT2D eigenvalue weighted by Gasteiger charge is 2.41. The molecule has 1 fully saturated rings. The minimum absolute atomic E-state index is 0. The molecule has 27 heavy (non-hydrogen) atoms. The van der Waals surface area contributed by atoms with Crippen molar-refractivity contribution in [3.8, 4) is 0 Å². The van der Waals surface area contributed by atoms with E-state index >= 15 is 0 Å². The van der Waals surface area contributed by atoms with E-state index in [2.05, 4.69) is 10.3 Å². The lowest BCUT2D eigenvalue weighted by Crippen LogP contribution is -2.57. The van der Waals surface area contributed by atoms with Gasteiger partial charge < -0.3 is 10.2 Å². The molecule has 1 aliphatic rings. The van der Waals surface area contributed by atoms with Gasteiger partial charge in [0.15, 0.2) is 15.8 Å². The molecule has 2 rings (SSSR count). The van der Waals surface area contributed by atoms with Crippen molar-refractivity contribution in [1.82, 2.24) is 10.2 Å². The molecule has 154 valence electrons. The second kappa shape index (κ2) is 8.50. The molecule has 0 spiro atoms. The summed E-state index contributed by atoms with van der Waals surface area (Å²) in [4.78, 5) is 5.72. The summed E-state index contributed by atoms with van der Waals surface area (Å²) in [6.07, 6.45) is -4.68. The maximum atomic E-state index is 13.2. The van der Waals surface area contributed by atoms with Crippen LogP contribution in [0, 0.1) is 5.82 Å². The molecular weight excluding hydrogens is 501 g/mol. The molecule has 1 heterocycles. The molecule has 0 atom stereocenters. The Morgan fingerprint density at radius 3 is 2.48 bits per heavy atom. The van der Waals surface area contributed by atoms with E-state index in [1.54, 1.807) is 18.7 Å². The first-order valence-corrected chi connectivity index (χ1v) is 9.56. The molecule has 0 saturated carbocycles. The lowest BCUT2D eigenvalue weighted by molar-refractivity contribution is -0.138. The van der Waals surface area contributed by atoms with Gasteiger partial charge in [0.1, 0.15) is 5.82 Å². The fourth-order valence-electron chi connectivity index (χ4n) is 2.80. The van der Waals surface area contributed by atoms with Crippen LogP contribution in [0.2, 0.25) is 0 Å². The largest absolute Gasteiger partial charge is 0.416 e. The van der Waals surface area contributed by atoms with Crippen LogP contribution in [0.25, 0.3) is 0 Å². The molecule has 11 heteroatoms. The highest BCUT2D eigenvalue weighted by atomic mass is 127. The zero-order chi connectivity index (χ0) is 19.8. The molecule has 0 radical (unpaired) electrons. The summed E-state index contributed by atoms with van der Waals surface area (Å²) in [5.41, 5.74) is -1.18. The third kappa shape index (κ3) is 5.46. The number of benzene rings is 1. The lowest BCUT2D eigenvalue weighted by Gasteiger charge is -2.39. The van der Waals surface area contributed by atoms with E-state index < -0.39 is 32.1 Å². The monoisotopic (exact) mass is 523 g/mol. The van der Waals surface area contributed by atoms with Crippen LogP contribution in [0.15, 0.2) is 23.2 Å². The maximum Gasteiger partial charge on any atom is 0.416 e. The molecule has 0 aliphatic carbocycles. The highest BCUT2D eigenvalue weighted by molar-refractivity contribution is 14.0. The van der Waals surface area contributed by atoms with E-state index in [1.165, 1.54) is 7.05 Å². The van der Waals surface area contributed by atoms with Crippen molar-refractivity contribution in [2.75, 3.05) is 25.9 Å². The highest BCUT2D eigenvalue weighted by Crippen LogP contribution is 2.32. The van der Waals surface area contributed by atoms with Crippen LogP contribution in [-0.2, 0) is 22.6 Å². The minimum Gasteiger partial charge on any atom is -0.352 e. The first-order chi connectivity index (χ1) is 11.9. The third-order valence-electron chi connectivity index (χ3n) is 4.37. The molecule has 0 unspecified atom stereocenters. The summed E-state index contributed by atoms with van der Waals surface area (Å²) in [6, 6.07) is 2.49. The Bertz CT molecular complexity index is 810. The fraction of sp³-hybridized carbons (Fsp3) is 0.562. The first-order valence-electron chi connectivity index (χ1n) is 7.91. The molecule has 0 amide bonds. The van der Waals surface area contributed by atoms with Crippen LogP contribution >= 0.6 is 24.0 Å². The summed E-state index contributed by atoms with van der Waals surface area (Å²) >= 11 is 0. The van der Waals surface area contributed by atoms with Gasteiger partial charge in [0.25, 0.3) is 0 Å². The van der Waals surface area contributed by atoms with Crippen molar-refractivity contribution >= 4 is 39.8 Å². The van der Waals surface area contributed by atoms with Crippen LogP contribution in [0.1, 0.15) is 25.0 Å². The Balaban J connectivity index is 0.00000364. The van der Waals surface area contributed by atoms with Gasteiger partial charge in [-0.2, -0.15) is 13.2 Å². The number of nitrogens with one attached hydrogen (secondary N) is 1. The van der Waals surface area contributed by atoms with Crippen molar-refractivity contribution in [2.45, 2.75) is 31.3 Å². The summed E-state index contributed by atoms with van der Waals surface area (Å²) in [7, 11) is -1.78. The van der Waals surface area contributed by atoms with Crippen LogP contribution in [0.4, 0.5) is 17.6 Å². The van der Waals surface area contributed by atoms with Crippen LogP contribution in [-0.4, -0.2) is 49.9 Å². The molecule has 5 nitrogen and oxygen atoms in total. The normalized spacial score (nSPS) is 19.4. The Hall–Kier alpha value is -1.11. The zero-order valence-electron chi connectivity index (χ0n) is 15.1. The van der Waals surface area contributed by atoms with Crippen molar-refractivity contribution in [3.05, 3.63) is 35.1 Å². The van der Waals surface area contributed by atoms with Gasteiger partial charge in [-0.25, -0.2) is 12.8 Å². The topological polar surface area (TPSA) is 61.8 Å². The number of nitrogens with zero attached hydrogens (tertiary/aromatic N) is 2. The standard InChI is InChI=1S/C16H21F4N3O2S.HI/c1-15(2)10-23(6-7-26(15,24)25)14(21-3)22-9-11-4-5-12(17)8-13(11)16(18,19)20;/h4-5,8H,6-7,9-10H2,1-3H3,(H,21,22);1H. The Morgan fingerprint density at radius 2 is 1.96 bits per heavy atom. The molecular formula is C16H22F4IN3O2S. The summed E-state index contributed by atoms with van der Waals surface area (Å²) in [6.45, 7) is 3.35. The molecule has 0 bridgehead atoms. The van der Waals surface area contributed by atoms with E-state index in [1.807, 2.05) is 0 Å². The second-order valence-electron chi connectivity index (χ2n) is 6.70. The van der Waals surface area contributed by atoms with E-state index in [4.69, 9.17) is 0 Å². The molecule has 1 N–H and O–H groups in total. The van der Waals surface area contributed by atoms with Gasteiger partial charge in [0.05, 0.1) is 16.1 Å². The van der Waals surface area contributed by atoms with Gasteiger partial charge in [-0.05, 0) is 31.5 Å². The average Bonchev–Trinajstić information content (AvgIpc) is 2.51. The first kappa shape index (κ1) is 23.9. The van der Waals surface area contributed by atoms with Crippen molar-refractivity contribution in [2.24, 2.45) is 4.99 Å². The molecule has 1 aromatic carbocycles. The number of sulfone groups is 1. The smallest absolute Gasteiger partial charge is 0.352 e.